The first-order valence-corrected chi connectivity index (χ1v) is 6.70. The first kappa shape index (κ1) is 13.7. The summed E-state index contributed by atoms with van der Waals surface area (Å²) in [6, 6.07) is 3.27. The van der Waals surface area contributed by atoms with Crippen LogP contribution in [0.15, 0.2) is 16.9 Å². The van der Waals surface area contributed by atoms with Crippen molar-refractivity contribution in [1.29, 1.82) is 0 Å². The summed E-state index contributed by atoms with van der Waals surface area (Å²) >= 11 is 0. The lowest BCUT2D eigenvalue weighted by Crippen LogP contribution is -2.50. The van der Waals surface area contributed by atoms with Crippen molar-refractivity contribution in [2.75, 3.05) is 19.6 Å². The Kier molecular flexibility index (Phi) is 4.31. The number of nitrogens with one attached hydrogen (secondary N) is 2. The van der Waals surface area contributed by atoms with Gasteiger partial charge in [0.15, 0.2) is 0 Å². The Bertz CT molecular complexity index is 479. The number of hydrogen-bond donors (Lipinski definition) is 2. The largest absolute Gasteiger partial charge is 0.337 e. The normalized spacial score (nSPS) is 23.4. The first-order valence-electron chi connectivity index (χ1n) is 6.70. The van der Waals surface area contributed by atoms with Gasteiger partial charge in [0, 0.05) is 25.2 Å². The van der Waals surface area contributed by atoms with Gasteiger partial charge in [-0.1, -0.05) is 13.8 Å². The molecule has 1 fully saturated rings. The minimum Gasteiger partial charge on any atom is -0.337 e. The van der Waals surface area contributed by atoms with Crippen LogP contribution in [0, 0.1) is 5.92 Å². The Labute approximate surface area is 112 Å². The highest BCUT2D eigenvalue weighted by atomic mass is 16.2. The second kappa shape index (κ2) is 5.97. The second-order valence-corrected chi connectivity index (χ2v) is 4.99. The quantitative estimate of drug-likeness (QED) is 0.819. The van der Waals surface area contributed by atoms with E-state index in [-0.39, 0.29) is 11.5 Å². The average Bonchev–Trinajstić information content (AvgIpc) is 2.41. The first-order chi connectivity index (χ1) is 9.11. The van der Waals surface area contributed by atoms with Crippen LogP contribution in [0.3, 0.4) is 0 Å². The zero-order chi connectivity index (χ0) is 13.8. The summed E-state index contributed by atoms with van der Waals surface area (Å²) in [4.78, 5) is 25.0. The van der Waals surface area contributed by atoms with Crippen LogP contribution in [0.1, 0.15) is 30.8 Å². The second-order valence-electron chi connectivity index (χ2n) is 4.99. The van der Waals surface area contributed by atoms with Crippen LogP contribution in [0.25, 0.3) is 0 Å². The molecule has 19 heavy (non-hydrogen) atoms. The van der Waals surface area contributed by atoms with Crippen LogP contribution >= 0.6 is 0 Å². The molecule has 1 aromatic rings. The van der Waals surface area contributed by atoms with E-state index < -0.39 is 0 Å². The van der Waals surface area contributed by atoms with Gasteiger partial charge in [-0.15, -0.1) is 0 Å². The smallest absolute Gasteiger partial charge is 0.274 e. The molecule has 2 heterocycles. The molecule has 0 aliphatic carbocycles. The van der Waals surface area contributed by atoms with E-state index in [1.165, 1.54) is 12.1 Å². The van der Waals surface area contributed by atoms with E-state index in [2.05, 4.69) is 29.4 Å². The van der Waals surface area contributed by atoms with E-state index in [0.717, 1.165) is 26.1 Å². The maximum Gasteiger partial charge on any atom is 0.274 e. The number of nitrogens with zero attached hydrogens (tertiary/aromatic N) is 2. The number of hydrogen-bond acceptors (Lipinski definition) is 4. The fraction of sp³-hybridized carbons (Fsp3) is 0.615. The molecule has 1 amide bonds. The van der Waals surface area contributed by atoms with Gasteiger partial charge < -0.3 is 10.2 Å². The third kappa shape index (κ3) is 3.20. The molecule has 0 aromatic carbocycles. The maximum absolute atomic E-state index is 12.2. The SMILES string of the molecule is CCNC1CCN(C(=O)c2ccc(=O)[nH]n2)CC1C. The molecule has 1 aliphatic heterocycles. The van der Waals surface area contributed by atoms with Crippen molar-refractivity contribution < 1.29 is 4.79 Å². The van der Waals surface area contributed by atoms with Gasteiger partial charge in [0.2, 0.25) is 0 Å². The Morgan fingerprint density at radius 2 is 2.37 bits per heavy atom. The van der Waals surface area contributed by atoms with Crippen LogP contribution in [-0.4, -0.2) is 46.7 Å². The molecule has 2 N–H and O–H groups in total. The molecule has 6 nitrogen and oxygen atoms in total. The summed E-state index contributed by atoms with van der Waals surface area (Å²) < 4.78 is 0. The van der Waals surface area contributed by atoms with Crippen LogP contribution in [0.2, 0.25) is 0 Å². The van der Waals surface area contributed by atoms with Crippen LogP contribution in [0.4, 0.5) is 0 Å². The van der Waals surface area contributed by atoms with Gasteiger partial charge in [0.1, 0.15) is 5.69 Å². The van der Waals surface area contributed by atoms with Gasteiger partial charge in [-0.3, -0.25) is 9.59 Å². The minimum absolute atomic E-state index is 0.113. The van der Waals surface area contributed by atoms with Crippen molar-refractivity contribution in [2.45, 2.75) is 26.3 Å². The van der Waals surface area contributed by atoms with Gasteiger partial charge in [-0.2, -0.15) is 5.10 Å². The molecule has 2 rings (SSSR count). The summed E-state index contributed by atoms with van der Waals surface area (Å²) in [6.07, 6.45) is 0.949. The summed E-state index contributed by atoms with van der Waals surface area (Å²) in [5.74, 6) is 0.304. The monoisotopic (exact) mass is 264 g/mol. The van der Waals surface area contributed by atoms with E-state index in [9.17, 15) is 9.59 Å². The zero-order valence-electron chi connectivity index (χ0n) is 11.3. The van der Waals surface area contributed by atoms with Crippen LogP contribution in [-0.2, 0) is 0 Å². The molecular weight excluding hydrogens is 244 g/mol. The zero-order valence-corrected chi connectivity index (χ0v) is 11.3. The van der Waals surface area contributed by atoms with E-state index >= 15 is 0 Å². The van der Waals surface area contributed by atoms with Gasteiger partial charge >= 0.3 is 0 Å². The molecule has 1 saturated heterocycles. The molecule has 104 valence electrons. The fourth-order valence-corrected chi connectivity index (χ4v) is 2.52. The lowest BCUT2D eigenvalue weighted by molar-refractivity contribution is 0.0639. The third-order valence-electron chi connectivity index (χ3n) is 3.56. The highest BCUT2D eigenvalue weighted by Gasteiger charge is 2.29. The Morgan fingerprint density at radius 3 is 2.95 bits per heavy atom. The summed E-state index contributed by atoms with van der Waals surface area (Å²) in [6.45, 7) is 6.63. The summed E-state index contributed by atoms with van der Waals surface area (Å²) in [5, 5.41) is 9.52. The van der Waals surface area contributed by atoms with Crippen molar-refractivity contribution in [3.8, 4) is 0 Å². The Balaban J connectivity index is 2.02. The predicted molar refractivity (Wildman–Crippen MR) is 72.0 cm³/mol. The fourth-order valence-electron chi connectivity index (χ4n) is 2.52. The maximum atomic E-state index is 12.2. The lowest BCUT2D eigenvalue weighted by atomic mass is 9.93. The van der Waals surface area contributed by atoms with E-state index in [0.29, 0.717) is 17.7 Å². The number of aromatic nitrogens is 2. The van der Waals surface area contributed by atoms with Crippen molar-refractivity contribution in [1.82, 2.24) is 20.4 Å². The minimum atomic E-state index is -0.296. The third-order valence-corrected chi connectivity index (χ3v) is 3.56. The molecule has 2 atom stereocenters. The van der Waals surface area contributed by atoms with Crippen LogP contribution < -0.4 is 10.9 Å². The number of piperidine rings is 1. The Morgan fingerprint density at radius 1 is 1.58 bits per heavy atom. The van der Waals surface area contributed by atoms with Crippen LogP contribution in [0.5, 0.6) is 0 Å². The molecule has 0 saturated carbocycles. The number of amides is 1. The van der Waals surface area contributed by atoms with Gasteiger partial charge in [0.05, 0.1) is 0 Å². The topological polar surface area (TPSA) is 78.1 Å². The highest BCUT2D eigenvalue weighted by Crippen LogP contribution is 2.18. The van der Waals surface area contributed by atoms with E-state index in [1.54, 1.807) is 4.90 Å². The average molecular weight is 264 g/mol. The molecule has 0 spiro atoms. The van der Waals surface area contributed by atoms with Crippen molar-refractivity contribution >= 4 is 5.91 Å². The van der Waals surface area contributed by atoms with Crippen molar-refractivity contribution in [3.63, 3.8) is 0 Å². The van der Waals surface area contributed by atoms with Gasteiger partial charge in [-0.25, -0.2) is 5.10 Å². The lowest BCUT2D eigenvalue weighted by Gasteiger charge is -2.37. The standard InChI is InChI=1S/C13H20N4O2/c1-3-14-10-6-7-17(8-9(10)2)13(19)11-4-5-12(18)16-15-11/h4-5,9-10,14H,3,6-8H2,1-2H3,(H,16,18). The Hall–Kier alpha value is -1.69. The molecule has 0 bridgehead atoms. The summed E-state index contributed by atoms with van der Waals surface area (Å²) in [7, 11) is 0. The highest BCUT2D eigenvalue weighted by molar-refractivity contribution is 5.92. The van der Waals surface area contributed by atoms with Gasteiger partial charge in [0.25, 0.3) is 11.5 Å². The number of rotatable bonds is 3. The molecular formula is C13H20N4O2. The van der Waals surface area contributed by atoms with Crippen molar-refractivity contribution in [3.05, 3.63) is 28.2 Å². The number of carbonyl (C=O) groups is 1. The number of H-pyrrole nitrogens is 1. The number of likely N-dealkylation sites (tertiary alicyclic amines) is 1. The molecule has 1 aromatic heterocycles. The van der Waals surface area contributed by atoms with E-state index in [1.807, 2.05) is 0 Å². The van der Waals surface area contributed by atoms with E-state index in [4.69, 9.17) is 0 Å². The molecule has 1 aliphatic rings. The van der Waals surface area contributed by atoms with Gasteiger partial charge in [-0.05, 0) is 24.9 Å². The molecule has 6 heteroatoms. The number of aromatic amines is 1. The predicted octanol–water partition coefficient (Wildman–Crippen LogP) is 0.230. The summed E-state index contributed by atoms with van der Waals surface area (Å²) in [5.41, 5.74) is 0.00414. The van der Waals surface area contributed by atoms with Crippen molar-refractivity contribution in [2.24, 2.45) is 5.92 Å². The number of carbonyl (C=O) groups excluding carboxylic acids is 1. The molecule has 2 unspecified atom stereocenters. The molecule has 0 radical (unpaired) electrons.